The predicted molar refractivity (Wildman–Crippen MR) is 105 cm³/mol. The van der Waals surface area contributed by atoms with Gasteiger partial charge in [-0.3, -0.25) is 4.79 Å². The number of hydrogen-bond donors (Lipinski definition) is 1. The van der Waals surface area contributed by atoms with Gasteiger partial charge in [0.05, 0.1) is 6.42 Å². The smallest absolute Gasteiger partial charge is 0.227 e. The molecule has 2 saturated heterocycles. The Morgan fingerprint density at radius 2 is 1.73 bits per heavy atom. The van der Waals surface area contributed by atoms with Crippen LogP contribution < -0.4 is 4.90 Å². The Balaban J connectivity index is 1.55. The van der Waals surface area contributed by atoms with Gasteiger partial charge in [0.2, 0.25) is 5.91 Å². The minimum Gasteiger partial charge on any atom is -0.396 e. The molecule has 1 aromatic carbocycles. The summed E-state index contributed by atoms with van der Waals surface area (Å²) in [6.07, 6.45) is 4.34. The lowest BCUT2D eigenvalue weighted by Crippen LogP contribution is -2.37. The molecular formula is C21H33N3O2. The Hall–Kier alpha value is -1.59. The van der Waals surface area contributed by atoms with E-state index in [9.17, 15) is 9.90 Å². The van der Waals surface area contributed by atoms with Crippen LogP contribution in [0.2, 0.25) is 0 Å². The Kier molecular flexibility index (Phi) is 6.54. The standard InChI is InChI=1S/C21H33N3O2/c1-22(2)20-8-6-17(7-9-20)12-21(26)24-14-18(19(15-24)16-25)13-23-10-4-3-5-11-23/h6-9,18-19,25H,3-5,10-16H2,1-2H3/t18-,19-/m1/s1. The molecule has 2 fully saturated rings. The molecule has 5 heteroatoms. The lowest BCUT2D eigenvalue weighted by molar-refractivity contribution is -0.129. The van der Waals surface area contributed by atoms with Crippen molar-refractivity contribution in [2.24, 2.45) is 11.8 Å². The highest BCUT2D eigenvalue weighted by atomic mass is 16.3. The van der Waals surface area contributed by atoms with Gasteiger partial charge >= 0.3 is 0 Å². The van der Waals surface area contributed by atoms with E-state index in [2.05, 4.69) is 21.9 Å². The van der Waals surface area contributed by atoms with E-state index in [1.165, 1.54) is 32.4 Å². The molecule has 2 atom stereocenters. The largest absolute Gasteiger partial charge is 0.396 e. The molecule has 1 N–H and O–H groups in total. The van der Waals surface area contributed by atoms with Gasteiger partial charge in [-0.15, -0.1) is 0 Å². The maximum absolute atomic E-state index is 12.8. The molecule has 0 saturated carbocycles. The number of anilines is 1. The first kappa shape index (κ1) is 19.2. The van der Waals surface area contributed by atoms with Crippen molar-refractivity contribution in [3.05, 3.63) is 29.8 Å². The summed E-state index contributed by atoms with van der Waals surface area (Å²) in [4.78, 5) is 19.3. The van der Waals surface area contributed by atoms with Gasteiger partial charge in [0.1, 0.15) is 0 Å². The molecule has 2 aliphatic rings. The molecule has 0 bridgehead atoms. The highest BCUT2D eigenvalue weighted by Gasteiger charge is 2.35. The summed E-state index contributed by atoms with van der Waals surface area (Å²) in [5.74, 6) is 0.803. The molecule has 0 unspecified atom stereocenters. The fourth-order valence-electron chi connectivity index (χ4n) is 4.23. The van der Waals surface area contributed by atoms with Crippen molar-refractivity contribution in [2.75, 3.05) is 58.3 Å². The summed E-state index contributed by atoms with van der Waals surface area (Å²) in [7, 11) is 4.03. The Labute approximate surface area is 157 Å². The molecule has 2 heterocycles. The molecule has 144 valence electrons. The van der Waals surface area contributed by atoms with Crippen molar-refractivity contribution in [3.8, 4) is 0 Å². The summed E-state index contributed by atoms with van der Waals surface area (Å²) in [6, 6.07) is 8.20. The number of nitrogens with zero attached hydrogens (tertiary/aromatic N) is 3. The molecule has 0 aliphatic carbocycles. The maximum atomic E-state index is 12.8. The van der Waals surface area contributed by atoms with E-state index in [4.69, 9.17) is 0 Å². The molecule has 0 radical (unpaired) electrons. The summed E-state index contributed by atoms with van der Waals surface area (Å²) >= 11 is 0. The molecule has 1 amide bonds. The normalized spacial score (nSPS) is 24.0. The number of amides is 1. The summed E-state index contributed by atoms with van der Waals surface area (Å²) < 4.78 is 0. The zero-order chi connectivity index (χ0) is 18.5. The van der Waals surface area contributed by atoms with Crippen LogP contribution in [0.25, 0.3) is 0 Å². The first-order valence-corrected chi connectivity index (χ1v) is 9.94. The van der Waals surface area contributed by atoms with Crippen molar-refractivity contribution in [2.45, 2.75) is 25.7 Å². The van der Waals surface area contributed by atoms with E-state index in [0.717, 1.165) is 24.3 Å². The fraction of sp³-hybridized carbons (Fsp3) is 0.667. The number of aliphatic hydroxyl groups is 1. The average molecular weight is 360 g/mol. The lowest BCUT2D eigenvalue weighted by atomic mass is 9.95. The molecule has 0 aromatic heterocycles. The van der Waals surface area contributed by atoms with Gasteiger partial charge in [0.25, 0.3) is 0 Å². The van der Waals surface area contributed by atoms with Crippen molar-refractivity contribution in [3.63, 3.8) is 0 Å². The molecule has 1 aromatic rings. The molecule has 5 nitrogen and oxygen atoms in total. The Morgan fingerprint density at radius 3 is 2.35 bits per heavy atom. The van der Waals surface area contributed by atoms with Crippen molar-refractivity contribution >= 4 is 11.6 Å². The van der Waals surface area contributed by atoms with E-state index in [1.807, 2.05) is 31.1 Å². The number of carbonyl (C=O) groups excluding carboxylic acids is 1. The van der Waals surface area contributed by atoms with E-state index < -0.39 is 0 Å². The SMILES string of the molecule is CN(C)c1ccc(CC(=O)N2C[C@@H](CN3CCCCC3)[C@@H](CO)C2)cc1. The highest BCUT2D eigenvalue weighted by molar-refractivity contribution is 5.79. The fourth-order valence-corrected chi connectivity index (χ4v) is 4.23. The van der Waals surface area contributed by atoms with Crippen molar-refractivity contribution in [1.82, 2.24) is 9.80 Å². The van der Waals surface area contributed by atoms with Gasteiger partial charge in [-0.1, -0.05) is 18.6 Å². The number of hydrogen-bond acceptors (Lipinski definition) is 4. The van der Waals surface area contributed by atoms with Crippen molar-refractivity contribution < 1.29 is 9.90 Å². The van der Waals surface area contributed by atoms with E-state index in [1.54, 1.807) is 0 Å². The number of likely N-dealkylation sites (tertiary alicyclic amines) is 2. The number of carbonyl (C=O) groups is 1. The monoisotopic (exact) mass is 359 g/mol. The number of piperidine rings is 1. The van der Waals surface area contributed by atoms with Crippen LogP contribution in [0.3, 0.4) is 0 Å². The van der Waals surface area contributed by atoms with Crippen LogP contribution in [-0.4, -0.2) is 74.2 Å². The molecular weight excluding hydrogens is 326 g/mol. The average Bonchev–Trinajstić information content (AvgIpc) is 3.06. The first-order chi connectivity index (χ1) is 12.6. The number of rotatable bonds is 6. The van der Waals surface area contributed by atoms with Crippen LogP contribution in [-0.2, 0) is 11.2 Å². The zero-order valence-electron chi connectivity index (χ0n) is 16.2. The van der Waals surface area contributed by atoms with Crippen molar-refractivity contribution in [1.29, 1.82) is 0 Å². The topological polar surface area (TPSA) is 47.0 Å². The van der Waals surface area contributed by atoms with Gasteiger partial charge < -0.3 is 19.8 Å². The Bertz CT molecular complexity index is 581. The third kappa shape index (κ3) is 4.77. The quantitative estimate of drug-likeness (QED) is 0.842. The van der Waals surface area contributed by atoms with E-state index >= 15 is 0 Å². The second-order valence-corrected chi connectivity index (χ2v) is 8.10. The molecule has 26 heavy (non-hydrogen) atoms. The van der Waals surface area contributed by atoms with E-state index in [-0.39, 0.29) is 18.4 Å². The van der Waals surface area contributed by atoms with Gasteiger partial charge in [-0.25, -0.2) is 0 Å². The molecule has 2 aliphatic heterocycles. The van der Waals surface area contributed by atoms with Crippen LogP contribution in [0.1, 0.15) is 24.8 Å². The number of aliphatic hydroxyl groups excluding tert-OH is 1. The molecule has 0 spiro atoms. The maximum Gasteiger partial charge on any atom is 0.227 e. The van der Waals surface area contributed by atoms with Crippen LogP contribution in [0.5, 0.6) is 0 Å². The van der Waals surface area contributed by atoms with Gasteiger partial charge in [-0.2, -0.15) is 0 Å². The third-order valence-corrected chi connectivity index (χ3v) is 5.91. The minimum atomic E-state index is 0.180. The van der Waals surface area contributed by atoms with Crippen LogP contribution >= 0.6 is 0 Å². The summed E-state index contributed by atoms with van der Waals surface area (Å²) in [6.45, 7) is 5.02. The summed E-state index contributed by atoms with van der Waals surface area (Å²) in [5.41, 5.74) is 2.20. The molecule has 3 rings (SSSR count). The first-order valence-electron chi connectivity index (χ1n) is 9.94. The summed E-state index contributed by atoms with van der Waals surface area (Å²) in [5, 5.41) is 9.78. The van der Waals surface area contributed by atoms with Crippen LogP contribution in [0.15, 0.2) is 24.3 Å². The zero-order valence-corrected chi connectivity index (χ0v) is 16.2. The van der Waals surface area contributed by atoms with Crippen LogP contribution in [0.4, 0.5) is 5.69 Å². The Morgan fingerprint density at radius 1 is 1.08 bits per heavy atom. The second-order valence-electron chi connectivity index (χ2n) is 8.10. The second kappa shape index (κ2) is 8.87. The van der Waals surface area contributed by atoms with E-state index in [0.29, 0.717) is 18.9 Å². The van der Waals surface area contributed by atoms with Gasteiger partial charge in [0, 0.05) is 51.9 Å². The van der Waals surface area contributed by atoms with Gasteiger partial charge in [0.15, 0.2) is 0 Å². The van der Waals surface area contributed by atoms with Gasteiger partial charge in [-0.05, 0) is 49.5 Å². The van der Waals surface area contributed by atoms with Crippen LogP contribution in [0, 0.1) is 11.8 Å². The highest BCUT2D eigenvalue weighted by Crippen LogP contribution is 2.26. The minimum absolute atomic E-state index is 0.180. The number of benzene rings is 1. The third-order valence-electron chi connectivity index (χ3n) is 5.91. The predicted octanol–water partition coefficient (Wildman–Crippen LogP) is 1.85. The lowest BCUT2D eigenvalue weighted by Gasteiger charge is -2.30.